The molecule has 0 bridgehead atoms. The van der Waals surface area contributed by atoms with Gasteiger partial charge in [-0.15, -0.1) is 0 Å². The molecule has 1 aliphatic carbocycles. The van der Waals surface area contributed by atoms with Crippen LogP contribution in [0.3, 0.4) is 0 Å². The summed E-state index contributed by atoms with van der Waals surface area (Å²) >= 11 is 0. The van der Waals surface area contributed by atoms with E-state index in [1.807, 2.05) is 13.8 Å². The van der Waals surface area contributed by atoms with Gasteiger partial charge in [-0.2, -0.15) is 0 Å². The van der Waals surface area contributed by atoms with Crippen molar-refractivity contribution in [3.63, 3.8) is 0 Å². The number of hydrogen-bond acceptors (Lipinski definition) is 2. The van der Waals surface area contributed by atoms with Gasteiger partial charge in [-0.3, -0.25) is 9.59 Å². The molecule has 0 spiro atoms. The molecule has 4 nitrogen and oxygen atoms in total. The summed E-state index contributed by atoms with van der Waals surface area (Å²) in [5.74, 6) is 0.547. The SMILES string of the molecule is CC(C)CC(=O)N1CCCC1C(=O)NC1CC1. The first-order valence-corrected chi connectivity index (χ1v) is 6.67. The first-order valence-electron chi connectivity index (χ1n) is 6.67. The minimum atomic E-state index is -0.207. The van der Waals surface area contributed by atoms with Crippen LogP contribution in [-0.2, 0) is 9.59 Å². The maximum atomic E-state index is 12.0. The van der Waals surface area contributed by atoms with E-state index in [-0.39, 0.29) is 17.9 Å². The van der Waals surface area contributed by atoms with Crippen LogP contribution in [0.5, 0.6) is 0 Å². The Kier molecular flexibility index (Phi) is 3.69. The largest absolute Gasteiger partial charge is 0.352 e. The van der Waals surface area contributed by atoms with Crippen molar-refractivity contribution < 1.29 is 9.59 Å². The highest BCUT2D eigenvalue weighted by atomic mass is 16.2. The van der Waals surface area contributed by atoms with Gasteiger partial charge in [-0.25, -0.2) is 0 Å². The third-order valence-corrected chi connectivity index (χ3v) is 3.38. The molecule has 0 aromatic heterocycles. The molecule has 0 radical (unpaired) electrons. The van der Waals surface area contributed by atoms with Crippen LogP contribution in [0, 0.1) is 5.92 Å². The van der Waals surface area contributed by atoms with Gasteiger partial charge in [0.2, 0.25) is 11.8 Å². The van der Waals surface area contributed by atoms with Crippen LogP contribution < -0.4 is 5.32 Å². The molecule has 1 atom stereocenters. The molecule has 1 unspecified atom stereocenters. The number of likely N-dealkylation sites (tertiary alicyclic amines) is 1. The third-order valence-electron chi connectivity index (χ3n) is 3.38. The van der Waals surface area contributed by atoms with Crippen LogP contribution in [-0.4, -0.2) is 35.3 Å². The number of amides is 2. The minimum absolute atomic E-state index is 0.0575. The smallest absolute Gasteiger partial charge is 0.243 e. The van der Waals surface area contributed by atoms with Gasteiger partial charge in [0.15, 0.2) is 0 Å². The normalized spacial score (nSPS) is 24.2. The van der Waals surface area contributed by atoms with Crippen molar-refractivity contribution in [2.75, 3.05) is 6.54 Å². The maximum absolute atomic E-state index is 12.0. The molecule has 4 heteroatoms. The summed E-state index contributed by atoms with van der Waals surface area (Å²) in [6, 6.07) is 0.173. The predicted octanol–water partition coefficient (Wildman–Crippen LogP) is 1.30. The molecule has 1 N–H and O–H groups in total. The quantitative estimate of drug-likeness (QED) is 0.802. The van der Waals surface area contributed by atoms with E-state index in [1.54, 1.807) is 4.90 Å². The van der Waals surface area contributed by atoms with Crippen molar-refractivity contribution in [3.05, 3.63) is 0 Å². The van der Waals surface area contributed by atoms with Crippen LogP contribution in [0.25, 0.3) is 0 Å². The van der Waals surface area contributed by atoms with Gasteiger partial charge < -0.3 is 10.2 Å². The van der Waals surface area contributed by atoms with Crippen molar-refractivity contribution in [1.82, 2.24) is 10.2 Å². The van der Waals surface area contributed by atoms with E-state index in [0.29, 0.717) is 18.4 Å². The van der Waals surface area contributed by atoms with E-state index in [1.165, 1.54) is 0 Å². The summed E-state index contributed by atoms with van der Waals surface area (Å²) in [6.07, 6.45) is 4.51. The van der Waals surface area contributed by atoms with Gasteiger partial charge in [0, 0.05) is 19.0 Å². The Balaban J connectivity index is 1.91. The monoisotopic (exact) mass is 238 g/mol. The summed E-state index contributed by atoms with van der Waals surface area (Å²) in [5, 5.41) is 3.00. The highest BCUT2D eigenvalue weighted by Gasteiger charge is 2.36. The molecule has 0 aromatic rings. The number of nitrogens with one attached hydrogen (secondary N) is 1. The lowest BCUT2D eigenvalue weighted by molar-refractivity contribution is -0.139. The van der Waals surface area contributed by atoms with E-state index in [0.717, 1.165) is 32.2 Å². The number of carbonyl (C=O) groups excluding carboxylic acids is 2. The molecule has 1 heterocycles. The first kappa shape index (κ1) is 12.4. The topological polar surface area (TPSA) is 49.4 Å². The van der Waals surface area contributed by atoms with Crippen LogP contribution >= 0.6 is 0 Å². The maximum Gasteiger partial charge on any atom is 0.243 e. The Bertz CT molecular complexity index is 289. The van der Waals surface area contributed by atoms with E-state index in [4.69, 9.17) is 0 Å². The van der Waals surface area contributed by atoms with E-state index in [2.05, 4.69) is 5.32 Å². The second-order valence-electron chi connectivity index (χ2n) is 5.63. The Hall–Kier alpha value is -1.06. The highest BCUT2D eigenvalue weighted by molar-refractivity contribution is 5.88. The molecule has 1 saturated heterocycles. The summed E-state index contributed by atoms with van der Waals surface area (Å²) < 4.78 is 0. The molecule has 17 heavy (non-hydrogen) atoms. The van der Waals surface area contributed by atoms with Crippen LogP contribution in [0.1, 0.15) is 46.0 Å². The zero-order chi connectivity index (χ0) is 12.4. The van der Waals surface area contributed by atoms with Crippen molar-refractivity contribution in [2.24, 2.45) is 5.92 Å². The van der Waals surface area contributed by atoms with E-state index in [9.17, 15) is 9.59 Å². The molecule has 2 fully saturated rings. The lowest BCUT2D eigenvalue weighted by Gasteiger charge is -2.24. The molecule has 96 valence electrons. The fourth-order valence-electron chi connectivity index (χ4n) is 2.33. The molecule has 2 aliphatic rings. The van der Waals surface area contributed by atoms with Gasteiger partial charge in [0.05, 0.1) is 0 Å². The fraction of sp³-hybridized carbons (Fsp3) is 0.846. The third kappa shape index (κ3) is 3.20. The summed E-state index contributed by atoms with van der Waals surface area (Å²) in [5.41, 5.74) is 0. The zero-order valence-corrected chi connectivity index (χ0v) is 10.7. The number of nitrogens with zero attached hydrogens (tertiary/aromatic N) is 1. The Morgan fingerprint density at radius 1 is 1.29 bits per heavy atom. The molecular weight excluding hydrogens is 216 g/mol. The van der Waals surface area contributed by atoms with Gasteiger partial charge in [0.1, 0.15) is 6.04 Å². The lowest BCUT2D eigenvalue weighted by atomic mass is 10.1. The van der Waals surface area contributed by atoms with Gasteiger partial charge in [-0.1, -0.05) is 13.8 Å². The number of rotatable bonds is 4. The van der Waals surface area contributed by atoms with Crippen molar-refractivity contribution >= 4 is 11.8 Å². The van der Waals surface area contributed by atoms with Crippen LogP contribution in [0.4, 0.5) is 0 Å². The second-order valence-corrected chi connectivity index (χ2v) is 5.63. The Morgan fingerprint density at radius 3 is 2.59 bits per heavy atom. The average molecular weight is 238 g/mol. The summed E-state index contributed by atoms with van der Waals surface area (Å²) in [6.45, 7) is 4.81. The van der Waals surface area contributed by atoms with E-state index >= 15 is 0 Å². The van der Waals surface area contributed by atoms with Crippen LogP contribution in [0.15, 0.2) is 0 Å². The van der Waals surface area contributed by atoms with Gasteiger partial charge in [0.25, 0.3) is 0 Å². The molecule has 1 saturated carbocycles. The highest BCUT2D eigenvalue weighted by Crippen LogP contribution is 2.23. The van der Waals surface area contributed by atoms with Crippen molar-refractivity contribution in [2.45, 2.75) is 58.0 Å². The molecule has 1 aliphatic heterocycles. The Morgan fingerprint density at radius 2 is 2.00 bits per heavy atom. The molecule has 2 rings (SSSR count). The van der Waals surface area contributed by atoms with Gasteiger partial charge >= 0.3 is 0 Å². The number of hydrogen-bond donors (Lipinski definition) is 1. The fourth-order valence-corrected chi connectivity index (χ4v) is 2.33. The van der Waals surface area contributed by atoms with Crippen LogP contribution in [0.2, 0.25) is 0 Å². The molecule has 2 amide bonds. The predicted molar refractivity (Wildman–Crippen MR) is 65.4 cm³/mol. The summed E-state index contributed by atoms with van der Waals surface area (Å²) in [7, 11) is 0. The minimum Gasteiger partial charge on any atom is -0.352 e. The van der Waals surface area contributed by atoms with Crippen molar-refractivity contribution in [3.8, 4) is 0 Å². The standard InChI is InChI=1S/C13H22N2O2/c1-9(2)8-12(16)15-7-3-4-11(15)13(17)14-10-5-6-10/h9-11H,3-8H2,1-2H3,(H,14,17). The molecule has 0 aromatic carbocycles. The van der Waals surface area contributed by atoms with Gasteiger partial charge in [-0.05, 0) is 31.6 Å². The van der Waals surface area contributed by atoms with E-state index < -0.39 is 0 Å². The zero-order valence-electron chi connectivity index (χ0n) is 10.7. The average Bonchev–Trinajstić information content (AvgIpc) is 2.92. The summed E-state index contributed by atoms with van der Waals surface area (Å²) in [4.78, 5) is 25.8. The second kappa shape index (κ2) is 5.07. The lowest BCUT2D eigenvalue weighted by Crippen LogP contribution is -2.46. The Labute approximate surface area is 103 Å². The van der Waals surface area contributed by atoms with Crippen molar-refractivity contribution in [1.29, 1.82) is 0 Å². The number of carbonyl (C=O) groups is 2. The molecular formula is C13H22N2O2. The first-order chi connectivity index (χ1) is 8.08.